The SMILES string of the molecule is [B][C@]1(COP(=O)(O)OC)OC[C@H](O)[C@H]1OC. The summed E-state index contributed by atoms with van der Waals surface area (Å²) in [6.07, 6.45) is -1.73. The first-order chi connectivity index (χ1) is 7.34. The van der Waals surface area contributed by atoms with Crippen molar-refractivity contribution in [2.24, 2.45) is 0 Å². The Balaban J connectivity index is 2.62. The Morgan fingerprint density at radius 1 is 1.62 bits per heavy atom. The molecule has 0 bridgehead atoms. The highest BCUT2D eigenvalue weighted by Gasteiger charge is 2.47. The van der Waals surface area contributed by atoms with Crippen LogP contribution in [-0.2, 0) is 23.1 Å². The lowest BCUT2D eigenvalue weighted by Gasteiger charge is -2.30. The van der Waals surface area contributed by atoms with Gasteiger partial charge in [0.2, 0.25) is 0 Å². The summed E-state index contributed by atoms with van der Waals surface area (Å²) in [5.74, 6) is 0. The molecular formula is C7H14BO7P. The molecule has 0 aromatic rings. The summed E-state index contributed by atoms with van der Waals surface area (Å²) in [5.41, 5.74) is -1.47. The Morgan fingerprint density at radius 3 is 2.75 bits per heavy atom. The molecule has 0 amide bonds. The third-order valence-corrected chi connectivity index (χ3v) is 3.21. The molecular weight excluding hydrogens is 238 g/mol. The van der Waals surface area contributed by atoms with Crippen molar-refractivity contribution < 1.29 is 33.1 Å². The number of rotatable bonds is 5. The van der Waals surface area contributed by atoms with Gasteiger partial charge >= 0.3 is 7.82 Å². The Morgan fingerprint density at radius 2 is 2.25 bits per heavy atom. The standard InChI is InChI=1S/C7H14BO7P/c1-12-6-5(9)3-14-7(6,8)4-15-16(10,11)13-2/h5-6,9H,3-4H2,1-2H3,(H,10,11)/t5-,6+,7+/m0/s1. The summed E-state index contributed by atoms with van der Waals surface area (Å²) in [6.45, 7) is -0.453. The van der Waals surface area contributed by atoms with Gasteiger partial charge in [-0.05, 0) is 0 Å². The van der Waals surface area contributed by atoms with E-state index in [0.717, 1.165) is 7.11 Å². The zero-order valence-electron chi connectivity index (χ0n) is 9.03. The molecule has 0 aliphatic carbocycles. The second kappa shape index (κ2) is 5.14. The highest BCUT2D eigenvalue weighted by molar-refractivity contribution is 7.47. The van der Waals surface area contributed by atoms with E-state index >= 15 is 0 Å². The fourth-order valence-electron chi connectivity index (χ4n) is 1.45. The third-order valence-electron chi connectivity index (χ3n) is 2.29. The molecule has 1 aliphatic heterocycles. The van der Waals surface area contributed by atoms with Crippen LogP contribution in [0.3, 0.4) is 0 Å². The first kappa shape index (κ1) is 14.1. The molecule has 1 fully saturated rings. The smallest absolute Gasteiger partial charge is 0.388 e. The van der Waals surface area contributed by atoms with Crippen molar-refractivity contribution in [3.63, 3.8) is 0 Å². The second-order valence-corrected chi connectivity index (χ2v) is 4.97. The van der Waals surface area contributed by atoms with E-state index in [1.807, 2.05) is 0 Å². The molecule has 1 heterocycles. The summed E-state index contributed by atoms with van der Waals surface area (Å²) in [5, 5.41) is 9.46. The maximum absolute atomic E-state index is 11.1. The lowest BCUT2D eigenvalue weighted by Crippen LogP contribution is -2.48. The normalized spacial score (nSPS) is 38.5. The first-order valence-corrected chi connectivity index (χ1v) is 6.01. The van der Waals surface area contributed by atoms with Gasteiger partial charge in [0.25, 0.3) is 0 Å². The molecule has 2 radical (unpaired) electrons. The van der Waals surface area contributed by atoms with Gasteiger partial charge in [-0.2, -0.15) is 0 Å². The zero-order chi connectivity index (χ0) is 12.4. The van der Waals surface area contributed by atoms with Crippen molar-refractivity contribution in [2.75, 3.05) is 27.4 Å². The summed E-state index contributed by atoms with van der Waals surface area (Å²) in [6, 6.07) is 0. The van der Waals surface area contributed by atoms with Crippen LogP contribution in [-0.4, -0.2) is 63.0 Å². The van der Waals surface area contributed by atoms with E-state index in [-0.39, 0.29) is 6.61 Å². The molecule has 0 aromatic heterocycles. The molecule has 9 heteroatoms. The summed E-state index contributed by atoms with van der Waals surface area (Å²) >= 11 is 0. The van der Waals surface area contributed by atoms with Gasteiger partial charge in [0, 0.05) is 14.2 Å². The van der Waals surface area contributed by atoms with Crippen LogP contribution in [0.5, 0.6) is 0 Å². The minimum Gasteiger partial charge on any atom is -0.388 e. The maximum atomic E-state index is 11.1. The quantitative estimate of drug-likeness (QED) is 0.479. The third kappa shape index (κ3) is 3.04. The Hall–Kier alpha value is 0.0549. The Kier molecular flexibility index (Phi) is 4.53. The van der Waals surface area contributed by atoms with Crippen LogP contribution in [0.1, 0.15) is 0 Å². The van der Waals surface area contributed by atoms with E-state index in [0.29, 0.717) is 0 Å². The topological polar surface area (TPSA) is 94.5 Å². The van der Waals surface area contributed by atoms with Gasteiger partial charge in [-0.1, -0.05) is 0 Å². The molecule has 2 N–H and O–H groups in total. The Labute approximate surface area is 94.7 Å². The second-order valence-electron chi connectivity index (χ2n) is 3.41. The van der Waals surface area contributed by atoms with Gasteiger partial charge in [-0.25, -0.2) is 4.57 Å². The molecule has 1 saturated heterocycles. The van der Waals surface area contributed by atoms with Crippen LogP contribution in [0.4, 0.5) is 0 Å². The van der Waals surface area contributed by atoms with E-state index in [2.05, 4.69) is 9.05 Å². The van der Waals surface area contributed by atoms with Crippen LogP contribution >= 0.6 is 7.82 Å². The first-order valence-electron chi connectivity index (χ1n) is 4.51. The zero-order valence-corrected chi connectivity index (χ0v) is 9.92. The van der Waals surface area contributed by atoms with Crippen molar-refractivity contribution >= 4 is 15.7 Å². The molecule has 0 spiro atoms. The molecule has 0 aromatic carbocycles. The fourth-order valence-corrected chi connectivity index (χ4v) is 1.92. The van der Waals surface area contributed by atoms with E-state index in [4.69, 9.17) is 22.2 Å². The molecule has 7 nitrogen and oxygen atoms in total. The molecule has 1 unspecified atom stereocenters. The van der Waals surface area contributed by atoms with Gasteiger partial charge < -0.3 is 19.5 Å². The highest BCUT2D eigenvalue weighted by atomic mass is 31.2. The molecule has 0 saturated carbocycles. The summed E-state index contributed by atoms with van der Waals surface area (Å²) < 4.78 is 29.9. The number of methoxy groups -OCH3 is 1. The van der Waals surface area contributed by atoms with Gasteiger partial charge in [-0.3, -0.25) is 9.05 Å². The number of hydrogen-bond donors (Lipinski definition) is 2. The predicted octanol–water partition coefficient (Wildman–Crippen LogP) is -0.979. The number of phosphoric ester groups is 1. The van der Waals surface area contributed by atoms with Crippen LogP contribution in [0.2, 0.25) is 0 Å². The van der Waals surface area contributed by atoms with Gasteiger partial charge in [-0.15, -0.1) is 0 Å². The predicted molar refractivity (Wildman–Crippen MR) is 54.0 cm³/mol. The number of ether oxygens (including phenoxy) is 2. The maximum Gasteiger partial charge on any atom is 0.471 e. The molecule has 1 rings (SSSR count). The molecule has 4 atom stereocenters. The van der Waals surface area contributed by atoms with E-state index in [1.165, 1.54) is 7.11 Å². The minimum absolute atomic E-state index is 0.0267. The number of hydrogen-bond acceptors (Lipinski definition) is 6. The van der Waals surface area contributed by atoms with Crippen LogP contribution in [0, 0.1) is 0 Å². The van der Waals surface area contributed by atoms with Crippen LogP contribution in [0.25, 0.3) is 0 Å². The van der Waals surface area contributed by atoms with Crippen molar-refractivity contribution in [3.8, 4) is 0 Å². The summed E-state index contributed by atoms with van der Waals surface area (Å²) in [7, 11) is 4.00. The van der Waals surface area contributed by atoms with E-state index < -0.39 is 32.1 Å². The average molecular weight is 252 g/mol. The molecule has 92 valence electrons. The van der Waals surface area contributed by atoms with Gasteiger partial charge in [0.15, 0.2) is 0 Å². The van der Waals surface area contributed by atoms with Crippen molar-refractivity contribution in [3.05, 3.63) is 0 Å². The largest absolute Gasteiger partial charge is 0.471 e. The number of aliphatic hydroxyl groups excluding tert-OH is 1. The van der Waals surface area contributed by atoms with Crippen molar-refractivity contribution in [1.82, 2.24) is 0 Å². The highest BCUT2D eigenvalue weighted by Crippen LogP contribution is 2.43. The lowest BCUT2D eigenvalue weighted by atomic mass is 9.77. The lowest BCUT2D eigenvalue weighted by molar-refractivity contribution is -0.0562. The van der Waals surface area contributed by atoms with Crippen LogP contribution in [0.15, 0.2) is 0 Å². The van der Waals surface area contributed by atoms with Gasteiger partial charge in [0.1, 0.15) is 20.1 Å². The molecule has 16 heavy (non-hydrogen) atoms. The fraction of sp³-hybridized carbons (Fsp3) is 1.00. The van der Waals surface area contributed by atoms with Crippen LogP contribution < -0.4 is 0 Å². The summed E-state index contributed by atoms with van der Waals surface area (Å²) in [4.78, 5) is 9.02. The average Bonchev–Trinajstić information content (AvgIpc) is 2.53. The number of aliphatic hydroxyl groups is 1. The van der Waals surface area contributed by atoms with Crippen molar-refractivity contribution in [2.45, 2.75) is 17.7 Å². The van der Waals surface area contributed by atoms with Gasteiger partial charge in [0.05, 0.1) is 18.7 Å². The van der Waals surface area contributed by atoms with E-state index in [9.17, 15) is 9.67 Å². The van der Waals surface area contributed by atoms with E-state index in [1.54, 1.807) is 0 Å². The monoisotopic (exact) mass is 252 g/mol. The minimum atomic E-state index is -4.12. The molecule has 1 aliphatic rings. The Bertz CT molecular complexity index is 288. The number of phosphoric acid groups is 1. The van der Waals surface area contributed by atoms with Crippen molar-refractivity contribution in [1.29, 1.82) is 0 Å².